The lowest BCUT2D eigenvalue weighted by molar-refractivity contribution is -0.108. The predicted molar refractivity (Wildman–Crippen MR) is 162 cm³/mol. The van der Waals surface area contributed by atoms with Gasteiger partial charge in [-0.25, -0.2) is 0 Å². The monoisotopic (exact) mass is 514 g/mol. The summed E-state index contributed by atoms with van der Waals surface area (Å²) in [7, 11) is 0. The first kappa shape index (κ1) is 25.0. The molecule has 3 aliphatic rings. The molecule has 3 heteroatoms. The van der Waals surface area contributed by atoms with Gasteiger partial charge in [-0.3, -0.25) is 14.6 Å². The Kier molecular flexibility index (Phi) is 5.52. The van der Waals surface area contributed by atoms with E-state index in [-0.39, 0.29) is 5.78 Å². The molecular weight excluding hydrogens is 488 g/mol. The molecule has 6 rings (SSSR count). The molecule has 40 heavy (non-hydrogen) atoms. The Morgan fingerprint density at radius 3 is 1.38 bits per heavy atom. The number of anilines is 2. The highest BCUT2D eigenvalue weighted by Crippen LogP contribution is 2.56. The standard InChI is InChI=1S/C37H26N2O/c1-7-9-23-38-29-21-15-13-19-27(29)36(3,4)34(38)31-25-17-11-12-18-26(25)32(33(31)40)35-37(5,6)28-20-14-16-22-30(28)39(35)24-10-8-2/h1-2,11-22H,3-6H3. The van der Waals surface area contributed by atoms with Crippen molar-refractivity contribution in [2.24, 2.45) is 0 Å². The number of carbonyl (C=O) groups is 1. The van der Waals surface area contributed by atoms with Crippen molar-refractivity contribution in [3.8, 4) is 48.6 Å². The topological polar surface area (TPSA) is 23.6 Å². The summed E-state index contributed by atoms with van der Waals surface area (Å²) in [5.74, 6) is 10.4. The van der Waals surface area contributed by atoms with Gasteiger partial charge >= 0.3 is 0 Å². The number of fused-ring (bicyclic) bond motifs is 3. The fourth-order valence-corrected chi connectivity index (χ4v) is 6.47. The van der Waals surface area contributed by atoms with Gasteiger partial charge in [0.05, 0.1) is 33.9 Å². The van der Waals surface area contributed by atoms with E-state index in [9.17, 15) is 4.79 Å². The number of hydrogen-bond acceptors (Lipinski definition) is 3. The Balaban J connectivity index is 1.72. The van der Waals surface area contributed by atoms with Crippen LogP contribution in [0.1, 0.15) is 49.9 Å². The number of allylic oxidation sites excluding steroid dienone is 4. The smallest absolute Gasteiger partial charge is 0.197 e. The van der Waals surface area contributed by atoms with E-state index in [0.717, 1.165) is 45.0 Å². The lowest BCUT2D eigenvalue weighted by Gasteiger charge is -2.26. The van der Waals surface area contributed by atoms with Crippen molar-refractivity contribution in [3.63, 3.8) is 0 Å². The second-order valence-corrected chi connectivity index (χ2v) is 11.0. The number of ketones is 1. The van der Waals surface area contributed by atoms with E-state index < -0.39 is 10.8 Å². The highest BCUT2D eigenvalue weighted by Gasteiger charge is 2.50. The van der Waals surface area contributed by atoms with E-state index in [2.05, 4.69) is 75.6 Å². The molecule has 2 heterocycles. The molecule has 3 aromatic rings. The van der Waals surface area contributed by atoms with Gasteiger partial charge in [0, 0.05) is 34.8 Å². The van der Waals surface area contributed by atoms with Gasteiger partial charge in [-0.15, -0.1) is 12.8 Å². The Morgan fingerprint density at radius 1 is 0.600 bits per heavy atom. The minimum absolute atomic E-state index is 0.0621. The Morgan fingerprint density at radius 2 is 0.975 bits per heavy atom. The predicted octanol–water partition coefficient (Wildman–Crippen LogP) is 6.48. The van der Waals surface area contributed by atoms with E-state index in [1.807, 2.05) is 70.5 Å². The lowest BCUT2D eigenvalue weighted by Crippen LogP contribution is -2.27. The Hall–Kier alpha value is -5.35. The van der Waals surface area contributed by atoms with Gasteiger partial charge < -0.3 is 0 Å². The Bertz CT molecular complexity index is 1770. The third-order valence-electron chi connectivity index (χ3n) is 8.14. The number of hydrogen-bond donors (Lipinski definition) is 0. The average Bonchev–Trinajstić information content (AvgIpc) is 3.45. The molecule has 0 N–H and O–H groups in total. The molecule has 2 aliphatic heterocycles. The number of terminal acetylenes is 2. The molecule has 3 aromatic carbocycles. The van der Waals surface area contributed by atoms with Crippen LogP contribution in [-0.2, 0) is 15.6 Å². The third-order valence-corrected chi connectivity index (χ3v) is 8.14. The zero-order valence-corrected chi connectivity index (χ0v) is 22.9. The molecule has 0 atom stereocenters. The van der Waals surface area contributed by atoms with Crippen LogP contribution in [0.3, 0.4) is 0 Å². The molecular formula is C37H26N2O. The number of carbonyl (C=O) groups excluding carboxylic acids is 1. The van der Waals surface area contributed by atoms with Crippen LogP contribution in [-0.4, -0.2) is 5.78 Å². The molecule has 0 spiro atoms. The van der Waals surface area contributed by atoms with Crippen molar-refractivity contribution in [2.45, 2.75) is 38.5 Å². The molecule has 0 bridgehead atoms. The summed E-state index contributed by atoms with van der Waals surface area (Å²) in [6.45, 7) is 8.53. The first-order valence-electron chi connectivity index (χ1n) is 13.1. The van der Waals surface area contributed by atoms with Crippen LogP contribution in [0.5, 0.6) is 0 Å². The summed E-state index contributed by atoms with van der Waals surface area (Å²) in [6.07, 6.45) is 11.1. The third kappa shape index (κ3) is 3.29. The van der Waals surface area contributed by atoms with Crippen molar-refractivity contribution < 1.29 is 4.79 Å². The fourth-order valence-electron chi connectivity index (χ4n) is 6.47. The fraction of sp³-hybridized carbons (Fsp3) is 0.162. The largest absolute Gasteiger partial charge is 0.288 e. The molecule has 0 saturated heterocycles. The van der Waals surface area contributed by atoms with E-state index in [1.165, 1.54) is 0 Å². The molecule has 0 radical (unpaired) electrons. The molecule has 0 unspecified atom stereocenters. The summed E-state index contributed by atoms with van der Waals surface area (Å²) >= 11 is 0. The quantitative estimate of drug-likeness (QED) is 0.254. The SMILES string of the molecule is C#CC#CN1C(=C2C(=O)C(=C3N(C#CC#C)c4ccccc4C3(C)C)c3ccccc32)C(C)(C)c2ccccc21. The first-order valence-corrected chi connectivity index (χ1v) is 13.1. The molecule has 190 valence electrons. The molecule has 0 saturated carbocycles. The van der Waals surface area contributed by atoms with Gasteiger partial charge in [-0.2, -0.15) is 0 Å². The van der Waals surface area contributed by atoms with E-state index >= 15 is 0 Å². The summed E-state index contributed by atoms with van der Waals surface area (Å²) in [5.41, 5.74) is 7.66. The molecule has 0 fully saturated rings. The van der Waals surface area contributed by atoms with Crippen LogP contribution in [0.15, 0.2) is 84.2 Å². The van der Waals surface area contributed by atoms with E-state index in [4.69, 9.17) is 12.8 Å². The van der Waals surface area contributed by atoms with Crippen LogP contribution >= 0.6 is 0 Å². The van der Waals surface area contributed by atoms with Crippen LogP contribution < -0.4 is 9.80 Å². The van der Waals surface area contributed by atoms with Crippen molar-refractivity contribution in [2.75, 3.05) is 9.80 Å². The minimum Gasteiger partial charge on any atom is -0.288 e. The zero-order valence-electron chi connectivity index (χ0n) is 22.9. The molecule has 3 nitrogen and oxygen atoms in total. The van der Waals surface area contributed by atoms with Gasteiger partial charge in [0.15, 0.2) is 5.78 Å². The summed E-state index contributed by atoms with van der Waals surface area (Å²) in [6, 6.07) is 30.5. The maximum Gasteiger partial charge on any atom is 0.197 e. The van der Waals surface area contributed by atoms with Crippen molar-refractivity contribution >= 4 is 28.3 Å². The van der Waals surface area contributed by atoms with Gasteiger partial charge in [0.25, 0.3) is 0 Å². The Labute approximate surface area is 236 Å². The van der Waals surface area contributed by atoms with Crippen LogP contribution in [0, 0.1) is 48.6 Å². The van der Waals surface area contributed by atoms with Gasteiger partial charge in [-0.1, -0.05) is 88.4 Å². The highest BCUT2D eigenvalue weighted by atomic mass is 16.1. The minimum atomic E-state index is -0.505. The molecule has 0 aromatic heterocycles. The second kappa shape index (κ2) is 8.85. The first-order chi connectivity index (χ1) is 19.2. The molecule has 1 aliphatic carbocycles. The zero-order chi connectivity index (χ0) is 28.2. The van der Waals surface area contributed by atoms with E-state index in [0.29, 0.717) is 11.1 Å². The van der Waals surface area contributed by atoms with Crippen LogP contribution in [0.25, 0.3) is 11.1 Å². The normalized spacial score (nSPS) is 20.8. The summed E-state index contributed by atoms with van der Waals surface area (Å²) in [5, 5.41) is 0. The number of nitrogens with zero attached hydrogens (tertiary/aromatic N) is 2. The van der Waals surface area contributed by atoms with Gasteiger partial charge in [-0.05, 0) is 46.2 Å². The van der Waals surface area contributed by atoms with Gasteiger partial charge in [0.1, 0.15) is 0 Å². The second-order valence-electron chi connectivity index (χ2n) is 11.0. The number of para-hydroxylation sites is 2. The van der Waals surface area contributed by atoms with Crippen molar-refractivity contribution in [1.82, 2.24) is 0 Å². The van der Waals surface area contributed by atoms with Crippen molar-refractivity contribution in [1.29, 1.82) is 0 Å². The number of benzene rings is 3. The number of Topliss-reactive ketones (excluding diaryl/α,β-unsaturated/α-hetero) is 1. The van der Waals surface area contributed by atoms with Gasteiger partial charge in [0.2, 0.25) is 0 Å². The highest BCUT2D eigenvalue weighted by molar-refractivity contribution is 6.49. The maximum absolute atomic E-state index is 14.9. The maximum atomic E-state index is 14.9. The number of rotatable bonds is 0. The summed E-state index contributed by atoms with van der Waals surface area (Å²) in [4.78, 5) is 18.7. The van der Waals surface area contributed by atoms with Crippen LogP contribution in [0.2, 0.25) is 0 Å². The lowest BCUT2D eigenvalue weighted by atomic mass is 9.80. The average molecular weight is 515 g/mol. The van der Waals surface area contributed by atoms with Crippen LogP contribution in [0.4, 0.5) is 11.4 Å². The van der Waals surface area contributed by atoms with Crippen molar-refractivity contribution in [3.05, 3.63) is 106 Å². The van der Waals surface area contributed by atoms with E-state index in [1.54, 1.807) is 0 Å². The molecule has 0 amide bonds. The summed E-state index contributed by atoms with van der Waals surface area (Å²) < 4.78 is 0.